The summed E-state index contributed by atoms with van der Waals surface area (Å²) in [6, 6.07) is 4.64. The maximum absolute atomic E-state index is 11.2. The minimum absolute atomic E-state index is 0.0912. The molecule has 0 aromatic heterocycles. The van der Waals surface area contributed by atoms with Crippen LogP contribution in [0.5, 0.6) is 5.75 Å². The summed E-state index contributed by atoms with van der Waals surface area (Å²) < 4.78 is 27.2. The van der Waals surface area contributed by atoms with E-state index in [1.54, 1.807) is 12.1 Å². The summed E-state index contributed by atoms with van der Waals surface area (Å²) in [5.74, 6) is 0.365. The van der Waals surface area contributed by atoms with Gasteiger partial charge in [-0.25, -0.2) is 8.42 Å². The summed E-state index contributed by atoms with van der Waals surface area (Å²) >= 11 is 5.79. The summed E-state index contributed by atoms with van der Waals surface area (Å²) in [6.07, 6.45) is 1.10. The second kappa shape index (κ2) is 3.55. The molecule has 72 valence electrons. The molecule has 0 aliphatic rings. The van der Waals surface area contributed by atoms with E-state index in [1.165, 1.54) is 13.2 Å². The van der Waals surface area contributed by atoms with Crippen LogP contribution in [-0.4, -0.2) is 21.8 Å². The molecule has 0 radical (unpaired) electrons. The molecule has 0 unspecified atom stereocenters. The van der Waals surface area contributed by atoms with Gasteiger partial charge in [0.2, 0.25) is 0 Å². The molecule has 0 fully saturated rings. The van der Waals surface area contributed by atoms with E-state index < -0.39 is 9.84 Å². The van der Waals surface area contributed by atoms with Gasteiger partial charge in [-0.05, 0) is 12.1 Å². The fourth-order valence-corrected chi connectivity index (χ4v) is 2.31. The van der Waals surface area contributed by atoms with Crippen molar-refractivity contribution in [2.45, 2.75) is 4.90 Å². The third-order valence-corrected chi connectivity index (χ3v) is 3.19. The fraction of sp³-hybridized carbons (Fsp3) is 0.250. The summed E-state index contributed by atoms with van der Waals surface area (Å²) in [4.78, 5) is 0.0912. The number of hydrogen-bond acceptors (Lipinski definition) is 3. The van der Waals surface area contributed by atoms with Crippen LogP contribution in [0.25, 0.3) is 0 Å². The van der Waals surface area contributed by atoms with Gasteiger partial charge in [-0.15, -0.1) is 0 Å². The van der Waals surface area contributed by atoms with Crippen molar-refractivity contribution in [3.8, 4) is 5.75 Å². The lowest BCUT2D eigenvalue weighted by atomic mass is 10.3. The molecule has 0 heterocycles. The molecule has 5 heteroatoms. The molecule has 1 aromatic rings. The Morgan fingerprint density at radius 3 is 2.46 bits per heavy atom. The number of rotatable bonds is 2. The predicted octanol–water partition coefficient (Wildman–Crippen LogP) is 1.75. The van der Waals surface area contributed by atoms with E-state index in [4.69, 9.17) is 16.3 Å². The summed E-state index contributed by atoms with van der Waals surface area (Å²) in [5.41, 5.74) is 0. The Hall–Kier alpha value is -0.740. The lowest BCUT2D eigenvalue weighted by molar-refractivity contribution is 0.413. The van der Waals surface area contributed by atoms with E-state index in [-0.39, 0.29) is 9.92 Å². The zero-order valence-electron chi connectivity index (χ0n) is 7.24. The highest BCUT2D eigenvalue weighted by atomic mass is 35.5. The molecule has 0 amide bonds. The molecular formula is C8H9ClO3S. The topological polar surface area (TPSA) is 43.4 Å². The molecule has 3 nitrogen and oxygen atoms in total. The third kappa shape index (κ3) is 2.14. The van der Waals surface area contributed by atoms with Gasteiger partial charge in [-0.3, -0.25) is 0 Å². The molecule has 0 N–H and O–H groups in total. The smallest absolute Gasteiger partial charge is 0.177 e. The molecule has 0 saturated heterocycles. The van der Waals surface area contributed by atoms with E-state index in [2.05, 4.69) is 0 Å². The normalized spacial score (nSPS) is 11.3. The Labute approximate surface area is 82.2 Å². The van der Waals surface area contributed by atoms with Crippen molar-refractivity contribution in [1.29, 1.82) is 0 Å². The molecule has 1 rings (SSSR count). The Morgan fingerprint density at radius 1 is 1.38 bits per heavy atom. The highest BCUT2D eigenvalue weighted by molar-refractivity contribution is 7.90. The first-order valence-electron chi connectivity index (χ1n) is 3.49. The van der Waals surface area contributed by atoms with Crippen LogP contribution >= 0.6 is 11.6 Å². The maximum atomic E-state index is 11.2. The summed E-state index contributed by atoms with van der Waals surface area (Å²) in [5, 5.41) is 0.132. The second-order valence-corrected chi connectivity index (χ2v) is 4.91. The van der Waals surface area contributed by atoms with Crippen LogP contribution in [0.1, 0.15) is 0 Å². The van der Waals surface area contributed by atoms with Crippen LogP contribution < -0.4 is 4.74 Å². The van der Waals surface area contributed by atoms with Gasteiger partial charge in [-0.1, -0.05) is 17.7 Å². The number of benzene rings is 1. The van der Waals surface area contributed by atoms with Gasteiger partial charge in [0.15, 0.2) is 9.84 Å². The average molecular weight is 221 g/mol. The molecular weight excluding hydrogens is 212 g/mol. The van der Waals surface area contributed by atoms with Gasteiger partial charge in [0.05, 0.1) is 12.0 Å². The van der Waals surface area contributed by atoms with Crippen molar-refractivity contribution >= 4 is 21.4 Å². The Balaban J connectivity index is 3.41. The Bertz CT molecular complexity index is 411. The van der Waals surface area contributed by atoms with Crippen molar-refractivity contribution in [3.05, 3.63) is 23.2 Å². The number of halogens is 1. The van der Waals surface area contributed by atoms with Crippen LogP contribution in [0.4, 0.5) is 0 Å². The quantitative estimate of drug-likeness (QED) is 0.763. The zero-order valence-corrected chi connectivity index (χ0v) is 8.82. The monoisotopic (exact) mass is 220 g/mol. The minimum atomic E-state index is -3.28. The number of methoxy groups -OCH3 is 1. The SMILES string of the molecule is COc1cccc(S(C)(=O)=O)c1Cl. The van der Waals surface area contributed by atoms with Gasteiger partial charge in [0.25, 0.3) is 0 Å². The van der Waals surface area contributed by atoms with Crippen LogP contribution in [0.2, 0.25) is 5.02 Å². The largest absolute Gasteiger partial charge is 0.495 e. The lowest BCUT2D eigenvalue weighted by Gasteiger charge is -2.05. The molecule has 0 aliphatic carbocycles. The van der Waals surface area contributed by atoms with Crippen LogP contribution in [0.15, 0.2) is 23.1 Å². The highest BCUT2D eigenvalue weighted by Crippen LogP contribution is 2.30. The van der Waals surface area contributed by atoms with Crippen molar-refractivity contribution in [3.63, 3.8) is 0 Å². The molecule has 13 heavy (non-hydrogen) atoms. The van der Waals surface area contributed by atoms with Crippen molar-refractivity contribution < 1.29 is 13.2 Å². The lowest BCUT2D eigenvalue weighted by Crippen LogP contribution is -1.99. The molecule has 1 aromatic carbocycles. The fourth-order valence-electron chi connectivity index (χ4n) is 0.935. The van der Waals surface area contributed by atoms with E-state index in [0.29, 0.717) is 5.75 Å². The van der Waals surface area contributed by atoms with E-state index in [9.17, 15) is 8.42 Å². The van der Waals surface area contributed by atoms with Gasteiger partial charge in [0, 0.05) is 6.26 Å². The summed E-state index contributed by atoms with van der Waals surface area (Å²) in [6.45, 7) is 0. The first-order valence-corrected chi connectivity index (χ1v) is 5.76. The summed E-state index contributed by atoms with van der Waals surface area (Å²) in [7, 11) is -1.84. The van der Waals surface area contributed by atoms with Crippen LogP contribution in [0.3, 0.4) is 0 Å². The van der Waals surface area contributed by atoms with Crippen molar-refractivity contribution in [1.82, 2.24) is 0 Å². The van der Waals surface area contributed by atoms with Gasteiger partial charge >= 0.3 is 0 Å². The zero-order chi connectivity index (χ0) is 10.1. The van der Waals surface area contributed by atoms with Gasteiger partial charge in [0.1, 0.15) is 10.8 Å². The molecule has 0 saturated carbocycles. The van der Waals surface area contributed by atoms with E-state index >= 15 is 0 Å². The van der Waals surface area contributed by atoms with Gasteiger partial charge < -0.3 is 4.74 Å². The van der Waals surface area contributed by atoms with E-state index in [0.717, 1.165) is 6.26 Å². The molecule has 0 bridgehead atoms. The second-order valence-electron chi connectivity index (χ2n) is 2.54. The molecule has 0 atom stereocenters. The first-order chi connectivity index (χ1) is 5.96. The predicted molar refractivity (Wildman–Crippen MR) is 51.1 cm³/mol. The average Bonchev–Trinajstić information content (AvgIpc) is 2.02. The minimum Gasteiger partial charge on any atom is -0.495 e. The maximum Gasteiger partial charge on any atom is 0.177 e. The van der Waals surface area contributed by atoms with Crippen LogP contribution in [-0.2, 0) is 9.84 Å². The van der Waals surface area contributed by atoms with E-state index in [1.807, 2.05) is 0 Å². The van der Waals surface area contributed by atoms with Crippen molar-refractivity contribution in [2.75, 3.05) is 13.4 Å². The van der Waals surface area contributed by atoms with Crippen LogP contribution in [0, 0.1) is 0 Å². The Kier molecular flexibility index (Phi) is 2.83. The first kappa shape index (κ1) is 10.3. The van der Waals surface area contributed by atoms with Gasteiger partial charge in [-0.2, -0.15) is 0 Å². The highest BCUT2D eigenvalue weighted by Gasteiger charge is 2.14. The number of sulfone groups is 1. The van der Waals surface area contributed by atoms with Crippen molar-refractivity contribution in [2.24, 2.45) is 0 Å². The standard InChI is InChI=1S/C8H9ClO3S/c1-12-6-4-3-5-7(8(6)9)13(2,10)11/h3-5H,1-2H3. The number of hydrogen-bond donors (Lipinski definition) is 0. The molecule has 0 aliphatic heterocycles. The Morgan fingerprint density at radius 2 is 2.00 bits per heavy atom. The number of ether oxygens (including phenoxy) is 1. The molecule has 0 spiro atoms. The third-order valence-electron chi connectivity index (χ3n) is 1.55.